The predicted octanol–water partition coefficient (Wildman–Crippen LogP) is -1.36. The number of piperazine rings is 1. The molecule has 3 atom stereocenters. The molecule has 1 aromatic heterocycles. The second-order valence-electron chi connectivity index (χ2n) is 11.6. The lowest BCUT2D eigenvalue weighted by Crippen LogP contribution is -2.79. The summed E-state index contributed by atoms with van der Waals surface area (Å²) in [4.78, 5) is 74.3. The fourth-order valence-electron chi connectivity index (χ4n) is 5.01. The fourth-order valence-corrected chi connectivity index (χ4v) is 7.09. The Bertz CT molecular complexity index is 1360. The van der Waals surface area contributed by atoms with Crippen molar-refractivity contribution in [3.05, 3.63) is 17.2 Å². The maximum absolute atomic E-state index is 13.6. The summed E-state index contributed by atoms with van der Waals surface area (Å²) in [6, 6.07) is -1.42. The number of fused-ring (bicyclic) bond motifs is 1. The Morgan fingerprint density at radius 2 is 1.91 bits per heavy atom. The molecule has 1 unspecified atom stereocenters. The minimum atomic E-state index is -1.53. The monoisotopic (exact) mass is 678 g/mol. The normalized spacial score (nSPS) is 23.6. The van der Waals surface area contributed by atoms with E-state index < -0.39 is 59.0 Å². The van der Waals surface area contributed by atoms with E-state index in [4.69, 9.17) is 20.4 Å². The van der Waals surface area contributed by atoms with Crippen molar-refractivity contribution in [2.45, 2.75) is 50.3 Å². The van der Waals surface area contributed by atoms with Gasteiger partial charge in [-0.2, -0.15) is 9.85 Å². The summed E-state index contributed by atoms with van der Waals surface area (Å²) in [6.45, 7) is 7.43. The Morgan fingerprint density at radius 1 is 1.27 bits per heavy atom. The number of halogens is 1. The van der Waals surface area contributed by atoms with Crippen LogP contribution in [0, 0.1) is 0 Å². The number of nitrogens with zero attached hydrogens (tertiary/aromatic N) is 5. The van der Waals surface area contributed by atoms with E-state index in [0.717, 1.165) is 16.4 Å². The first kappa shape index (κ1) is 35.3. The van der Waals surface area contributed by atoms with Gasteiger partial charge >= 0.3 is 12.1 Å². The first-order valence-electron chi connectivity index (χ1n) is 13.2. The molecule has 0 radical (unpaired) electrons. The number of carbonyl (C=O) groups is 5. The van der Waals surface area contributed by atoms with Gasteiger partial charge in [-0.15, -0.1) is 24.2 Å². The Labute approximate surface area is 267 Å². The number of hydroxylamine groups is 1. The molecule has 0 bridgehead atoms. The highest BCUT2D eigenvalue weighted by Crippen LogP contribution is 2.47. The topological polar surface area (TPSA) is 229 Å². The molecular weight excluding hydrogens is 644 g/mol. The van der Waals surface area contributed by atoms with Gasteiger partial charge in [-0.05, 0) is 27.7 Å². The van der Waals surface area contributed by atoms with Crippen LogP contribution in [0.4, 0.5) is 9.93 Å². The van der Waals surface area contributed by atoms with Crippen LogP contribution < -0.4 is 21.6 Å². The minimum Gasteiger partial charge on any atom is -0.543 e. The number of carboxylic acids is 2. The van der Waals surface area contributed by atoms with Gasteiger partial charge in [0.15, 0.2) is 23.6 Å². The van der Waals surface area contributed by atoms with E-state index in [1.807, 2.05) is 7.05 Å². The molecule has 3 aliphatic rings. The highest BCUT2D eigenvalue weighted by molar-refractivity contribution is 8.00. The van der Waals surface area contributed by atoms with E-state index >= 15 is 0 Å². The zero-order valence-electron chi connectivity index (χ0n) is 24.6. The van der Waals surface area contributed by atoms with Gasteiger partial charge in [0.2, 0.25) is 5.91 Å². The highest BCUT2D eigenvalue weighted by Gasteiger charge is 2.63. The quantitative estimate of drug-likeness (QED) is 0.134. The number of nitrogens with two attached hydrogens (primary N) is 1. The van der Waals surface area contributed by atoms with Crippen molar-refractivity contribution in [1.29, 1.82) is 0 Å². The van der Waals surface area contributed by atoms with Crippen molar-refractivity contribution < 1.29 is 48.2 Å². The molecule has 44 heavy (non-hydrogen) atoms. The standard InChI is InChI=1S/C24H34N8O9S2.ClH/c1-23(2,3)41-22(39)30-6-8-32(5,9-7-30)12-11-42-20-24(4,19(38)31(20)15(12)18(36)37)27-17(35)14(28-40-10-13(33)34)16-26-21(25)43-29-16;/h14,20,28H,6-11H2,1-5H3,(H4-,25,26,27,29,33,34,35,36,37);1H/t14?,20-,24+;/m0./s1. The molecule has 3 amide bonds. The van der Waals surface area contributed by atoms with Crippen LogP contribution in [0.3, 0.4) is 0 Å². The largest absolute Gasteiger partial charge is 0.543 e. The van der Waals surface area contributed by atoms with E-state index in [0.29, 0.717) is 31.9 Å². The third kappa shape index (κ3) is 7.02. The summed E-state index contributed by atoms with van der Waals surface area (Å²) in [7, 11) is 1.84. The van der Waals surface area contributed by atoms with E-state index in [9.17, 15) is 29.1 Å². The van der Waals surface area contributed by atoms with Crippen LogP contribution in [-0.2, 0) is 28.8 Å². The zero-order chi connectivity index (χ0) is 31.9. The average molecular weight is 679 g/mol. The number of nitrogens with one attached hydrogen (secondary N) is 2. The number of amides is 3. The number of aliphatic carboxylic acids is 2. The van der Waals surface area contributed by atoms with Crippen LogP contribution in [0.25, 0.3) is 0 Å². The van der Waals surface area contributed by atoms with Gasteiger partial charge in [-0.3, -0.25) is 28.7 Å². The number of ether oxygens (including phenoxy) is 1. The average Bonchev–Trinajstić information content (AvgIpc) is 3.34. The van der Waals surface area contributed by atoms with Gasteiger partial charge in [-0.1, -0.05) is 0 Å². The van der Waals surface area contributed by atoms with E-state index in [1.54, 1.807) is 25.7 Å². The number of thioether (sulfide) groups is 1. The maximum atomic E-state index is 13.6. The SMILES string of the molecule is CC(C)(C)OC(=O)N1CC[N+](C)(C2=C(C(=O)[O-])N3C(=O)[C@@](C)(NC(=O)C(NOCC(=O)O)c4nsc(N)n4)[C@@H]3SC2)CC1.Cl. The molecule has 0 spiro atoms. The van der Waals surface area contributed by atoms with Gasteiger partial charge in [0.25, 0.3) is 5.91 Å². The fraction of sp³-hybridized carbons (Fsp3) is 0.625. The minimum absolute atomic E-state index is 0. The lowest BCUT2D eigenvalue weighted by atomic mass is 9.88. The van der Waals surface area contributed by atoms with Gasteiger partial charge in [0.05, 0.1) is 31.9 Å². The number of likely N-dealkylation sites (N-methyl/N-ethyl adjacent to an activating group) is 1. The number of aromatic nitrogens is 2. The molecule has 1 aromatic rings. The van der Waals surface area contributed by atoms with Crippen LogP contribution in [-0.4, -0.2) is 121 Å². The first-order valence-corrected chi connectivity index (χ1v) is 15.0. The molecule has 0 aliphatic carbocycles. The molecule has 5 N–H and O–H groups in total. The van der Waals surface area contributed by atoms with Crippen molar-refractivity contribution in [3.8, 4) is 0 Å². The first-order chi connectivity index (χ1) is 20.0. The van der Waals surface area contributed by atoms with Crippen LogP contribution in [0.2, 0.25) is 0 Å². The van der Waals surface area contributed by atoms with Gasteiger partial charge in [0, 0.05) is 11.5 Å². The molecule has 244 valence electrons. The molecule has 17 nitrogen and oxygen atoms in total. The Kier molecular flexibility index (Phi) is 10.4. The molecule has 2 fully saturated rings. The third-order valence-corrected chi connectivity index (χ3v) is 9.26. The molecule has 4 heterocycles. The van der Waals surface area contributed by atoms with Crippen LogP contribution in [0.15, 0.2) is 11.4 Å². The van der Waals surface area contributed by atoms with Gasteiger partial charge in [-0.25, -0.2) is 14.6 Å². The number of carboxylic acid groups (broad SMARTS) is 2. The molecule has 20 heteroatoms. The van der Waals surface area contributed by atoms with Crippen molar-refractivity contribution in [2.24, 2.45) is 0 Å². The summed E-state index contributed by atoms with van der Waals surface area (Å²) < 4.78 is 9.61. The molecular formula is C24H35ClN8O9S2. The predicted molar refractivity (Wildman–Crippen MR) is 156 cm³/mol. The lowest BCUT2D eigenvalue weighted by Gasteiger charge is -2.58. The maximum Gasteiger partial charge on any atom is 0.410 e. The Hall–Kier alpha value is -3.23. The Morgan fingerprint density at radius 3 is 2.43 bits per heavy atom. The van der Waals surface area contributed by atoms with Crippen molar-refractivity contribution in [2.75, 3.05) is 51.3 Å². The van der Waals surface area contributed by atoms with Crippen molar-refractivity contribution in [1.82, 2.24) is 30.0 Å². The van der Waals surface area contributed by atoms with Gasteiger partial charge in [0.1, 0.15) is 41.0 Å². The smallest absolute Gasteiger partial charge is 0.410 e. The molecule has 0 aromatic carbocycles. The summed E-state index contributed by atoms with van der Waals surface area (Å²) in [5.41, 5.74) is 5.95. The second kappa shape index (κ2) is 13.0. The number of hydrogen-bond donors (Lipinski definition) is 4. The van der Waals surface area contributed by atoms with Crippen LogP contribution in [0.5, 0.6) is 0 Å². The lowest BCUT2D eigenvalue weighted by molar-refractivity contribution is -0.876. The second-order valence-corrected chi connectivity index (χ2v) is 13.5. The van der Waals surface area contributed by atoms with Crippen molar-refractivity contribution in [3.63, 3.8) is 0 Å². The number of β-lactam (4-membered cyclic amide) rings is 1. The summed E-state index contributed by atoms with van der Waals surface area (Å²) in [6.07, 6.45) is -0.452. The van der Waals surface area contributed by atoms with Crippen molar-refractivity contribution >= 4 is 70.7 Å². The molecule has 3 aliphatic heterocycles. The van der Waals surface area contributed by atoms with Crippen LogP contribution in [0.1, 0.15) is 39.6 Å². The highest BCUT2D eigenvalue weighted by atomic mass is 35.5. The summed E-state index contributed by atoms with van der Waals surface area (Å²) in [5.74, 6) is -4.20. The van der Waals surface area contributed by atoms with E-state index in [1.165, 1.54) is 18.7 Å². The van der Waals surface area contributed by atoms with Gasteiger partial charge < -0.3 is 30.8 Å². The summed E-state index contributed by atoms with van der Waals surface area (Å²) >= 11 is 2.08. The number of nitrogen functional groups attached to an aromatic ring is 1. The number of quaternary nitrogens is 1. The number of rotatable bonds is 9. The molecule has 4 rings (SSSR count). The Balaban J connectivity index is 0.00000529. The van der Waals surface area contributed by atoms with E-state index in [2.05, 4.69) is 20.2 Å². The molecule has 2 saturated heterocycles. The van der Waals surface area contributed by atoms with Crippen LogP contribution >= 0.6 is 35.7 Å². The number of hydrogen-bond acceptors (Lipinski definition) is 14. The number of carbonyl (C=O) groups excluding carboxylic acids is 4. The number of anilines is 1. The summed E-state index contributed by atoms with van der Waals surface area (Å²) in [5, 5.41) is 23.2. The zero-order valence-corrected chi connectivity index (χ0v) is 27.1. The third-order valence-electron chi connectivity index (χ3n) is 7.26. The molecule has 0 saturated carbocycles. The van der Waals surface area contributed by atoms with E-state index in [-0.39, 0.29) is 39.3 Å².